The molecule has 0 radical (unpaired) electrons. The summed E-state index contributed by atoms with van der Waals surface area (Å²) in [5.41, 5.74) is 2.15. The van der Waals surface area contributed by atoms with Gasteiger partial charge in [0.1, 0.15) is 5.75 Å². The first-order valence-electron chi connectivity index (χ1n) is 6.34. The van der Waals surface area contributed by atoms with Crippen LogP contribution in [0.15, 0.2) is 48.7 Å². The molecule has 0 saturated heterocycles. The Hall–Kier alpha value is -2.46. The summed E-state index contributed by atoms with van der Waals surface area (Å²) < 4.78 is 0. The minimum atomic E-state index is -0.438. The van der Waals surface area contributed by atoms with Crippen molar-refractivity contribution < 1.29 is 9.90 Å². The molecule has 0 spiro atoms. The lowest BCUT2D eigenvalue weighted by Gasteiger charge is -2.07. The molecule has 0 heterocycles. The third-order valence-electron chi connectivity index (χ3n) is 2.74. The quantitative estimate of drug-likeness (QED) is 0.746. The predicted molar refractivity (Wildman–Crippen MR) is 85.5 cm³/mol. The third kappa shape index (κ3) is 4.54. The topological polar surface area (TPSA) is 61.4 Å². The summed E-state index contributed by atoms with van der Waals surface area (Å²) in [6, 6.07) is 11.8. The van der Waals surface area contributed by atoms with Gasteiger partial charge in [0, 0.05) is 11.2 Å². The highest BCUT2D eigenvalue weighted by molar-refractivity contribution is 6.30. The van der Waals surface area contributed by atoms with Gasteiger partial charge in [-0.2, -0.15) is 0 Å². The molecule has 0 aliphatic heterocycles. The van der Waals surface area contributed by atoms with E-state index < -0.39 is 6.03 Å². The van der Waals surface area contributed by atoms with Crippen molar-refractivity contribution in [1.29, 1.82) is 0 Å². The molecular weight excluding hydrogens is 288 g/mol. The lowest BCUT2D eigenvalue weighted by molar-refractivity contribution is 0.255. The fourth-order valence-corrected chi connectivity index (χ4v) is 1.93. The van der Waals surface area contributed by atoms with Crippen LogP contribution < -0.4 is 10.6 Å². The number of halogens is 1. The van der Waals surface area contributed by atoms with Gasteiger partial charge < -0.3 is 15.7 Å². The first-order valence-corrected chi connectivity index (χ1v) is 6.71. The fourth-order valence-electron chi connectivity index (χ4n) is 1.73. The zero-order chi connectivity index (χ0) is 15.2. The van der Waals surface area contributed by atoms with Crippen LogP contribution in [0.1, 0.15) is 11.1 Å². The minimum Gasteiger partial charge on any atom is -0.506 e. The molecule has 0 bridgehead atoms. The molecule has 21 heavy (non-hydrogen) atoms. The van der Waals surface area contributed by atoms with Crippen LogP contribution in [0.25, 0.3) is 6.08 Å². The number of urea groups is 1. The normalized spacial score (nSPS) is 10.6. The molecule has 2 aromatic rings. The Balaban J connectivity index is 1.93. The highest BCUT2D eigenvalue weighted by atomic mass is 35.5. The largest absolute Gasteiger partial charge is 0.506 e. The van der Waals surface area contributed by atoms with Crippen LogP contribution in [0.3, 0.4) is 0 Å². The van der Waals surface area contributed by atoms with Crippen LogP contribution >= 0.6 is 11.6 Å². The summed E-state index contributed by atoms with van der Waals surface area (Å²) in [5.74, 6) is 0.0315. The van der Waals surface area contributed by atoms with Gasteiger partial charge >= 0.3 is 6.03 Å². The van der Waals surface area contributed by atoms with Crippen molar-refractivity contribution >= 4 is 29.4 Å². The first-order chi connectivity index (χ1) is 10.0. The van der Waals surface area contributed by atoms with E-state index in [0.717, 1.165) is 11.1 Å². The molecule has 108 valence electrons. The van der Waals surface area contributed by atoms with Crippen LogP contribution in [-0.2, 0) is 0 Å². The van der Waals surface area contributed by atoms with E-state index in [9.17, 15) is 9.90 Å². The van der Waals surface area contributed by atoms with Gasteiger partial charge in [-0.05, 0) is 48.4 Å². The van der Waals surface area contributed by atoms with Crippen LogP contribution in [0.2, 0.25) is 5.02 Å². The van der Waals surface area contributed by atoms with Crippen LogP contribution in [0, 0.1) is 6.92 Å². The van der Waals surface area contributed by atoms with Crippen molar-refractivity contribution in [3.05, 3.63) is 64.8 Å². The number of aryl methyl sites for hydroxylation is 1. The van der Waals surface area contributed by atoms with E-state index >= 15 is 0 Å². The summed E-state index contributed by atoms with van der Waals surface area (Å²) in [6.07, 6.45) is 3.23. The van der Waals surface area contributed by atoms with Crippen molar-refractivity contribution in [2.24, 2.45) is 0 Å². The smallest absolute Gasteiger partial charge is 0.323 e. The number of anilines is 1. The number of benzene rings is 2. The van der Waals surface area contributed by atoms with Gasteiger partial charge in [0.25, 0.3) is 0 Å². The number of phenols is 1. The average molecular weight is 303 g/mol. The Bertz CT molecular complexity index is 684. The number of phenolic OH excluding ortho intramolecular Hbond substituents is 1. The molecule has 0 aliphatic rings. The molecule has 0 aliphatic carbocycles. The van der Waals surface area contributed by atoms with E-state index in [2.05, 4.69) is 10.6 Å². The monoisotopic (exact) mass is 302 g/mol. The lowest BCUT2D eigenvalue weighted by atomic mass is 10.2. The average Bonchev–Trinajstić information content (AvgIpc) is 2.42. The molecule has 4 nitrogen and oxygen atoms in total. The summed E-state index contributed by atoms with van der Waals surface area (Å²) in [7, 11) is 0. The van der Waals surface area contributed by atoms with E-state index in [4.69, 9.17) is 11.6 Å². The molecule has 0 aromatic heterocycles. The number of amides is 2. The number of aromatic hydroxyl groups is 1. The van der Waals surface area contributed by atoms with E-state index in [-0.39, 0.29) is 5.75 Å². The molecule has 2 amide bonds. The predicted octanol–water partition coefficient (Wildman–Crippen LogP) is 4.15. The van der Waals surface area contributed by atoms with Crippen molar-refractivity contribution in [2.75, 3.05) is 5.32 Å². The van der Waals surface area contributed by atoms with E-state index in [1.54, 1.807) is 36.4 Å². The molecule has 0 saturated carbocycles. The minimum absolute atomic E-state index is 0.0315. The highest BCUT2D eigenvalue weighted by Crippen LogP contribution is 2.23. The van der Waals surface area contributed by atoms with Crippen molar-refractivity contribution in [3.8, 4) is 5.75 Å². The maximum Gasteiger partial charge on any atom is 0.323 e. The van der Waals surface area contributed by atoms with Gasteiger partial charge in [0.15, 0.2) is 0 Å². The number of rotatable bonds is 3. The molecule has 3 N–H and O–H groups in total. The Morgan fingerprint density at radius 1 is 1.24 bits per heavy atom. The second kappa shape index (κ2) is 6.81. The maximum atomic E-state index is 11.7. The number of carbonyl (C=O) groups is 1. The Labute approximate surface area is 128 Å². The van der Waals surface area contributed by atoms with Crippen LogP contribution in [0.4, 0.5) is 10.5 Å². The van der Waals surface area contributed by atoms with Crippen LogP contribution in [0.5, 0.6) is 5.75 Å². The van der Waals surface area contributed by atoms with Crippen molar-refractivity contribution in [3.63, 3.8) is 0 Å². The Kier molecular flexibility index (Phi) is 4.85. The van der Waals surface area contributed by atoms with Gasteiger partial charge in [-0.3, -0.25) is 0 Å². The van der Waals surface area contributed by atoms with Crippen molar-refractivity contribution in [1.82, 2.24) is 5.32 Å². The van der Waals surface area contributed by atoms with Gasteiger partial charge in [0.05, 0.1) is 5.69 Å². The zero-order valence-electron chi connectivity index (χ0n) is 11.4. The second-order valence-electron chi connectivity index (χ2n) is 4.51. The molecular formula is C16H15ClN2O2. The standard InChI is InChI=1S/C16H15ClN2O2/c1-11-5-6-14(15(20)9-11)19-16(21)18-8-7-12-3-2-4-13(17)10-12/h2-10,20H,1H3,(H2,18,19,21)/b8-7+. The Morgan fingerprint density at radius 2 is 2.05 bits per heavy atom. The third-order valence-corrected chi connectivity index (χ3v) is 2.98. The molecule has 0 fully saturated rings. The van der Waals surface area contributed by atoms with Crippen molar-refractivity contribution in [2.45, 2.75) is 6.92 Å². The number of nitrogens with one attached hydrogen (secondary N) is 2. The van der Waals surface area contributed by atoms with E-state index in [1.807, 2.05) is 19.1 Å². The number of hydrogen-bond donors (Lipinski definition) is 3. The summed E-state index contributed by atoms with van der Waals surface area (Å²) in [5, 5.41) is 15.4. The summed E-state index contributed by atoms with van der Waals surface area (Å²) in [6.45, 7) is 1.86. The second-order valence-corrected chi connectivity index (χ2v) is 4.94. The summed E-state index contributed by atoms with van der Waals surface area (Å²) in [4.78, 5) is 11.7. The van der Waals surface area contributed by atoms with Gasteiger partial charge in [-0.15, -0.1) is 0 Å². The summed E-state index contributed by atoms with van der Waals surface area (Å²) >= 11 is 5.86. The zero-order valence-corrected chi connectivity index (χ0v) is 12.2. The maximum absolute atomic E-state index is 11.7. The molecule has 2 rings (SSSR count). The SMILES string of the molecule is Cc1ccc(NC(=O)N/C=C/c2cccc(Cl)c2)c(O)c1. The van der Waals surface area contributed by atoms with E-state index in [1.165, 1.54) is 6.20 Å². The number of hydrogen-bond acceptors (Lipinski definition) is 2. The highest BCUT2D eigenvalue weighted by Gasteiger charge is 2.04. The van der Waals surface area contributed by atoms with E-state index in [0.29, 0.717) is 10.7 Å². The molecule has 0 atom stereocenters. The molecule has 5 heteroatoms. The first kappa shape index (κ1) is 14.9. The Morgan fingerprint density at radius 3 is 2.76 bits per heavy atom. The number of carbonyl (C=O) groups excluding carboxylic acids is 1. The fraction of sp³-hybridized carbons (Fsp3) is 0.0625. The van der Waals surface area contributed by atoms with Gasteiger partial charge in [-0.1, -0.05) is 29.8 Å². The van der Waals surface area contributed by atoms with Gasteiger partial charge in [0.2, 0.25) is 0 Å². The molecule has 2 aromatic carbocycles. The lowest BCUT2D eigenvalue weighted by Crippen LogP contribution is -2.23. The van der Waals surface area contributed by atoms with Gasteiger partial charge in [-0.25, -0.2) is 4.79 Å². The van der Waals surface area contributed by atoms with Crippen LogP contribution in [-0.4, -0.2) is 11.1 Å². The molecule has 0 unspecified atom stereocenters.